The number of ether oxygens (including phenoxy) is 1. The second-order valence-electron chi connectivity index (χ2n) is 7.90. The molecule has 0 aliphatic carbocycles. The number of aryl methyl sites for hydroxylation is 1. The molecular formula is C24H24F3N5O2. The van der Waals surface area contributed by atoms with Crippen molar-refractivity contribution >= 4 is 17.5 Å². The van der Waals surface area contributed by atoms with E-state index >= 15 is 0 Å². The first kappa shape index (κ1) is 23.3. The maximum Gasteiger partial charge on any atom is 0.416 e. The quantitative estimate of drug-likeness (QED) is 0.590. The number of methoxy groups -OCH3 is 1. The Morgan fingerprint density at radius 3 is 2.35 bits per heavy atom. The molecule has 0 bridgehead atoms. The summed E-state index contributed by atoms with van der Waals surface area (Å²) < 4.78 is 44.5. The van der Waals surface area contributed by atoms with Gasteiger partial charge in [-0.05, 0) is 43.3 Å². The number of alkyl halides is 3. The Morgan fingerprint density at radius 2 is 1.71 bits per heavy atom. The van der Waals surface area contributed by atoms with Crippen LogP contribution in [0.1, 0.15) is 11.3 Å². The average molecular weight is 471 g/mol. The minimum Gasteiger partial charge on any atom is -0.497 e. The van der Waals surface area contributed by atoms with Gasteiger partial charge in [0.2, 0.25) is 0 Å². The number of benzene rings is 2. The maximum atomic E-state index is 13.1. The molecule has 1 aromatic heterocycles. The van der Waals surface area contributed by atoms with Crippen molar-refractivity contribution in [2.45, 2.75) is 13.1 Å². The number of hydrogen-bond acceptors (Lipinski definition) is 5. The van der Waals surface area contributed by atoms with Gasteiger partial charge in [-0.2, -0.15) is 13.2 Å². The van der Waals surface area contributed by atoms with Gasteiger partial charge in [0.05, 0.1) is 12.7 Å². The van der Waals surface area contributed by atoms with Crippen molar-refractivity contribution in [1.82, 2.24) is 14.9 Å². The summed E-state index contributed by atoms with van der Waals surface area (Å²) in [6, 6.07) is 13.7. The lowest BCUT2D eigenvalue weighted by atomic mass is 10.1. The van der Waals surface area contributed by atoms with Gasteiger partial charge in [0.25, 0.3) is 0 Å². The van der Waals surface area contributed by atoms with Crippen molar-refractivity contribution in [3.63, 3.8) is 0 Å². The number of urea groups is 1. The van der Waals surface area contributed by atoms with E-state index in [0.29, 0.717) is 54.7 Å². The lowest BCUT2D eigenvalue weighted by Crippen LogP contribution is -2.50. The lowest BCUT2D eigenvalue weighted by Gasteiger charge is -2.35. The van der Waals surface area contributed by atoms with Crippen LogP contribution in [0.2, 0.25) is 0 Å². The van der Waals surface area contributed by atoms with E-state index < -0.39 is 11.7 Å². The molecule has 178 valence electrons. The molecule has 2 heterocycles. The fourth-order valence-corrected chi connectivity index (χ4v) is 3.69. The number of anilines is 2. The highest BCUT2D eigenvalue weighted by Crippen LogP contribution is 2.32. The molecule has 1 N–H and O–H groups in total. The Hall–Kier alpha value is -3.82. The summed E-state index contributed by atoms with van der Waals surface area (Å²) in [5, 5.41) is 2.87. The highest BCUT2D eigenvalue weighted by Gasteiger charge is 2.31. The smallest absolute Gasteiger partial charge is 0.416 e. The van der Waals surface area contributed by atoms with Crippen molar-refractivity contribution < 1.29 is 22.7 Å². The van der Waals surface area contributed by atoms with Crippen LogP contribution < -0.4 is 15.0 Å². The average Bonchev–Trinajstić information content (AvgIpc) is 2.84. The third-order valence-electron chi connectivity index (χ3n) is 5.52. The molecule has 0 radical (unpaired) electrons. The first-order valence-electron chi connectivity index (χ1n) is 10.7. The van der Waals surface area contributed by atoms with Crippen LogP contribution in [0, 0.1) is 6.92 Å². The van der Waals surface area contributed by atoms with Gasteiger partial charge in [0.15, 0.2) is 5.82 Å². The van der Waals surface area contributed by atoms with E-state index in [4.69, 9.17) is 4.74 Å². The molecule has 1 aliphatic rings. The maximum absolute atomic E-state index is 13.1. The first-order valence-corrected chi connectivity index (χ1v) is 10.7. The molecule has 34 heavy (non-hydrogen) atoms. The molecule has 2 amide bonds. The fraction of sp³-hybridized carbons (Fsp3) is 0.292. The zero-order chi connectivity index (χ0) is 24.3. The Bertz CT molecular complexity index is 1160. The Labute approximate surface area is 195 Å². The second-order valence-corrected chi connectivity index (χ2v) is 7.90. The number of halogens is 3. The lowest BCUT2D eigenvalue weighted by molar-refractivity contribution is -0.137. The molecule has 1 fully saturated rings. The monoisotopic (exact) mass is 471 g/mol. The number of carbonyl (C=O) groups excluding carboxylic acids is 1. The summed E-state index contributed by atoms with van der Waals surface area (Å²) in [5.74, 6) is 1.56. The Kier molecular flexibility index (Phi) is 6.58. The number of nitrogens with zero attached hydrogens (tertiary/aromatic N) is 4. The number of rotatable bonds is 4. The first-order chi connectivity index (χ1) is 16.2. The predicted molar refractivity (Wildman–Crippen MR) is 123 cm³/mol. The molecule has 7 nitrogen and oxygen atoms in total. The van der Waals surface area contributed by atoms with Crippen LogP contribution in [0.3, 0.4) is 0 Å². The van der Waals surface area contributed by atoms with E-state index in [9.17, 15) is 18.0 Å². The van der Waals surface area contributed by atoms with Crippen molar-refractivity contribution in [2.24, 2.45) is 0 Å². The molecule has 1 aliphatic heterocycles. The summed E-state index contributed by atoms with van der Waals surface area (Å²) >= 11 is 0. The molecular weight excluding hydrogens is 447 g/mol. The zero-order valence-corrected chi connectivity index (χ0v) is 18.8. The fourth-order valence-electron chi connectivity index (χ4n) is 3.69. The third-order valence-corrected chi connectivity index (χ3v) is 5.52. The minimum absolute atomic E-state index is 0.201. The van der Waals surface area contributed by atoms with E-state index in [1.807, 2.05) is 4.90 Å². The van der Waals surface area contributed by atoms with Gasteiger partial charge in [0.1, 0.15) is 11.6 Å². The van der Waals surface area contributed by atoms with Crippen LogP contribution >= 0.6 is 0 Å². The SMILES string of the molecule is COc1ccc(NC(=O)N2CCN(c3cc(C)nc(-c4cccc(C(F)(F)F)c4)n3)CC2)cc1. The Morgan fingerprint density at radius 1 is 1.00 bits per heavy atom. The van der Waals surface area contributed by atoms with Crippen LogP contribution in [0.25, 0.3) is 11.4 Å². The summed E-state index contributed by atoms with van der Waals surface area (Å²) in [6.45, 7) is 3.80. The van der Waals surface area contributed by atoms with Crippen LogP contribution in [-0.4, -0.2) is 54.2 Å². The molecule has 0 unspecified atom stereocenters. The predicted octanol–water partition coefficient (Wildman–Crippen LogP) is 4.83. The number of amides is 2. The van der Waals surface area contributed by atoms with Crippen LogP contribution in [0.5, 0.6) is 5.75 Å². The molecule has 3 aromatic rings. The zero-order valence-electron chi connectivity index (χ0n) is 18.8. The number of hydrogen-bond donors (Lipinski definition) is 1. The molecule has 0 atom stereocenters. The molecule has 2 aromatic carbocycles. The standard InChI is InChI=1S/C24H24F3N5O2/c1-16-14-21(30-22(28-16)17-4-3-5-18(15-17)24(25,26)27)31-10-12-32(13-11-31)23(33)29-19-6-8-20(34-2)9-7-19/h3-9,14-15H,10-13H2,1-2H3,(H,29,33). The van der Waals surface area contributed by atoms with Crippen molar-refractivity contribution in [3.05, 3.63) is 65.9 Å². The van der Waals surface area contributed by atoms with E-state index in [-0.39, 0.29) is 11.9 Å². The number of aromatic nitrogens is 2. The van der Waals surface area contributed by atoms with Gasteiger partial charge >= 0.3 is 12.2 Å². The van der Waals surface area contributed by atoms with Crippen molar-refractivity contribution in [1.29, 1.82) is 0 Å². The van der Waals surface area contributed by atoms with E-state index in [2.05, 4.69) is 15.3 Å². The Balaban J connectivity index is 1.43. The van der Waals surface area contributed by atoms with Crippen molar-refractivity contribution in [3.8, 4) is 17.1 Å². The van der Waals surface area contributed by atoms with Crippen molar-refractivity contribution in [2.75, 3.05) is 43.5 Å². The normalized spacial score (nSPS) is 14.1. The van der Waals surface area contributed by atoms with Crippen LogP contribution in [-0.2, 0) is 6.18 Å². The van der Waals surface area contributed by atoms with Gasteiger partial charge in [-0.15, -0.1) is 0 Å². The van der Waals surface area contributed by atoms with Gasteiger partial charge in [-0.3, -0.25) is 0 Å². The highest BCUT2D eigenvalue weighted by molar-refractivity contribution is 5.89. The van der Waals surface area contributed by atoms with Gasteiger partial charge in [-0.1, -0.05) is 12.1 Å². The van der Waals surface area contributed by atoms with Crippen LogP contribution in [0.4, 0.5) is 29.5 Å². The van der Waals surface area contributed by atoms with Gasteiger partial charge < -0.3 is 19.9 Å². The number of nitrogens with one attached hydrogen (secondary N) is 1. The summed E-state index contributed by atoms with van der Waals surface area (Å²) in [7, 11) is 1.58. The van der Waals surface area contributed by atoms with E-state index in [1.54, 1.807) is 55.3 Å². The number of carbonyl (C=O) groups is 1. The molecule has 4 rings (SSSR count). The molecule has 0 spiro atoms. The number of piperazine rings is 1. The molecule has 0 saturated carbocycles. The minimum atomic E-state index is -4.44. The molecule has 1 saturated heterocycles. The van der Waals surface area contributed by atoms with Gasteiger partial charge in [-0.25, -0.2) is 14.8 Å². The van der Waals surface area contributed by atoms with Gasteiger partial charge in [0, 0.05) is 49.2 Å². The van der Waals surface area contributed by atoms with Crippen LogP contribution in [0.15, 0.2) is 54.6 Å². The third kappa shape index (κ3) is 5.38. The van der Waals surface area contributed by atoms with E-state index in [1.165, 1.54) is 6.07 Å². The molecule has 10 heteroatoms. The topological polar surface area (TPSA) is 70.6 Å². The summed E-state index contributed by atoms with van der Waals surface area (Å²) in [4.78, 5) is 25.2. The second kappa shape index (κ2) is 9.58. The largest absolute Gasteiger partial charge is 0.497 e. The highest BCUT2D eigenvalue weighted by atomic mass is 19.4. The summed E-state index contributed by atoms with van der Waals surface area (Å²) in [6.07, 6.45) is -4.44. The summed E-state index contributed by atoms with van der Waals surface area (Å²) in [5.41, 5.74) is 0.882. The van der Waals surface area contributed by atoms with E-state index in [0.717, 1.165) is 12.1 Å².